The van der Waals surface area contributed by atoms with Crippen molar-refractivity contribution in [2.45, 2.75) is 63.9 Å². The molecule has 3 rings (SSSR count). The molecule has 3 aromatic carbocycles. The minimum atomic E-state index is -4.16. The molecule has 1 N–H and O–H groups in total. The molecule has 2 atom stereocenters. The van der Waals surface area contributed by atoms with E-state index in [0.717, 1.165) is 16.3 Å². The first-order valence-corrected chi connectivity index (χ1v) is 15.6. The fourth-order valence-electron chi connectivity index (χ4n) is 4.51. The van der Waals surface area contributed by atoms with Crippen LogP contribution in [0.25, 0.3) is 0 Å². The summed E-state index contributed by atoms with van der Waals surface area (Å²) in [4.78, 5) is 29.1. The summed E-state index contributed by atoms with van der Waals surface area (Å²) in [6.45, 7) is 7.63. The van der Waals surface area contributed by atoms with Gasteiger partial charge in [0.15, 0.2) is 0 Å². The van der Waals surface area contributed by atoms with Gasteiger partial charge >= 0.3 is 0 Å². The van der Waals surface area contributed by atoms with Crippen LogP contribution in [0.1, 0.15) is 46.1 Å². The second-order valence-corrected chi connectivity index (χ2v) is 11.7. The van der Waals surface area contributed by atoms with Gasteiger partial charge in [0, 0.05) is 12.6 Å². The zero-order chi connectivity index (χ0) is 29.8. The molecular weight excluding hydrogens is 538 g/mol. The minimum Gasteiger partial charge on any atom is -0.492 e. The molecule has 0 saturated heterocycles. The van der Waals surface area contributed by atoms with E-state index in [2.05, 4.69) is 5.32 Å². The summed E-state index contributed by atoms with van der Waals surface area (Å²) in [5.41, 5.74) is 1.27. The molecule has 2 amide bonds. The summed E-state index contributed by atoms with van der Waals surface area (Å²) >= 11 is 0. The topological polar surface area (TPSA) is 96.0 Å². The van der Waals surface area contributed by atoms with E-state index in [0.29, 0.717) is 25.2 Å². The van der Waals surface area contributed by atoms with Crippen molar-refractivity contribution in [1.82, 2.24) is 10.2 Å². The molecule has 0 bridgehead atoms. The number of benzene rings is 3. The van der Waals surface area contributed by atoms with Crippen LogP contribution in [0, 0.1) is 0 Å². The maximum atomic E-state index is 14.2. The Kier molecular flexibility index (Phi) is 11.8. The summed E-state index contributed by atoms with van der Waals surface area (Å²) in [5.74, 6) is -0.381. The number of carbonyl (C=O) groups is 2. The molecule has 8 nitrogen and oxygen atoms in total. The summed E-state index contributed by atoms with van der Waals surface area (Å²) in [7, 11) is -4.16. The first-order chi connectivity index (χ1) is 19.7. The van der Waals surface area contributed by atoms with Gasteiger partial charge < -0.3 is 15.0 Å². The third kappa shape index (κ3) is 8.33. The van der Waals surface area contributed by atoms with E-state index in [9.17, 15) is 18.0 Å². The molecule has 0 fully saturated rings. The lowest BCUT2D eigenvalue weighted by Crippen LogP contribution is -2.54. The number of para-hydroxylation sites is 2. The molecule has 0 radical (unpaired) electrons. The van der Waals surface area contributed by atoms with E-state index >= 15 is 0 Å². The summed E-state index contributed by atoms with van der Waals surface area (Å²) < 4.78 is 34.9. The quantitative estimate of drug-likeness (QED) is 0.272. The zero-order valence-corrected chi connectivity index (χ0v) is 25.1. The van der Waals surface area contributed by atoms with Crippen molar-refractivity contribution in [3.63, 3.8) is 0 Å². The molecule has 0 aliphatic heterocycles. The number of nitrogens with zero attached hydrogens (tertiary/aromatic N) is 2. The number of ether oxygens (including phenoxy) is 1. The van der Waals surface area contributed by atoms with Crippen molar-refractivity contribution < 1.29 is 22.7 Å². The minimum absolute atomic E-state index is 0.0523. The van der Waals surface area contributed by atoms with Crippen molar-refractivity contribution in [3.8, 4) is 5.75 Å². The van der Waals surface area contributed by atoms with Gasteiger partial charge in [-0.2, -0.15) is 0 Å². The van der Waals surface area contributed by atoms with Crippen molar-refractivity contribution in [3.05, 3.63) is 90.5 Å². The first-order valence-electron chi connectivity index (χ1n) is 14.2. The average Bonchev–Trinajstić information content (AvgIpc) is 2.99. The van der Waals surface area contributed by atoms with Crippen molar-refractivity contribution in [2.24, 2.45) is 0 Å². The predicted molar refractivity (Wildman–Crippen MR) is 162 cm³/mol. The second-order valence-electron chi connectivity index (χ2n) is 9.79. The molecule has 3 aromatic rings. The van der Waals surface area contributed by atoms with Crippen molar-refractivity contribution in [1.29, 1.82) is 0 Å². The van der Waals surface area contributed by atoms with Crippen LogP contribution >= 0.6 is 0 Å². The van der Waals surface area contributed by atoms with Crippen LogP contribution in [-0.4, -0.2) is 56.9 Å². The third-order valence-corrected chi connectivity index (χ3v) is 8.69. The Hall–Kier alpha value is -3.85. The molecule has 0 spiro atoms. The lowest BCUT2D eigenvalue weighted by Gasteiger charge is -2.34. The Bertz CT molecular complexity index is 1370. The van der Waals surface area contributed by atoms with Crippen LogP contribution < -0.4 is 14.4 Å². The van der Waals surface area contributed by atoms with Gasteiger partial charge in [-0.3, -0.25) is 13.9 Å². The maximum absolute atomic E-state index is 14.2. The van der Waals surface area contributed by atoms with Crippen LogP contribution in [-0.2, 0) is 26.0 Å². The molecule has 0 aromatic heterocycles. The Balaban J connectivity index is 2.04. The van der Waals surface area contributed by atoms with Gasteiger partial charge in [-0.15, -0.1) is 0 Å². The van der Waals surface area contributed by atoms with Gasteiger partial charge in [0.1, 0.15) is 18.3 Å². The number of carbonyl (C=O) groups excluding carboxylic acids is 2. The van der Waals surface area contributed by atoms with E-state index in [-0.39, 0.29) is 29.1 Å². The molecule has 9 heteroatoms. The molecule has 41 heavy (non-hydrogen) atoms. The highest BCUT2D eigenvalue weighted by Crippen LogP contribution is 2.32. The monoisotopic (exact) mass is 579 g/mol. The highest BCUT2D eigenvalue weighted by Gasteiger charge is 2.34. The van der Waals surface area contributed by atoms with Gasteiger partial charge in [0.25, 0.3) is 10.0 Å². The van der Waals surface area contributed by atoms with Crippen LogP contribution in [0.3, 0.4) is 0 Å². The highest BCUT2D eigenvalue weighted by atomic mass is 32.2. The molecule has 0 aliphatic rings. The molecule has 220 valence electrons. The lowest BCUT2D eigenvalue weighted by molar-refractivity contribution is -0.139. The molecule has 0 aliphatic carbocycles. The maximum Gasteiger partial charge on any atom is 0.264 e. The molecule has 0 heterocycles. The van der Waals surface area contributed by atoms with E-state index in [1.54, 1.807) is 42.5 Å². The van der Waals surface area contributed by atoms with Crippen LogP contribution in [0.5, 0.6) is 5.75 Å². The van der Waals surface area contributed by atoms with Crippen molar-refractivity contribution in [2.75, 3.05) is 24.0 Å². The van der Waals surface area contributed by atoms with Crippen LogP contribution in [0.4, 0.5) is 5.69 Å². The number of anilines is 1. The number of amides is 2. The van der Waals surface area contributed by atoms with E-state index in [1.807, 2.05) is 58.0 Å². The van der Waals surface area contributed by atoms with E-state index in [4.69, 9.17) is 4.74 Å². The van der Waals surface area contributed by atoms with Gasteiger partial charge in [-0.25, -0.2) is 8.42 Å². The number of hydrogen-bond acceptors (Lipinski definition) is 5. The average molecular weight is 580 g/mol. The van der Waals surface area contributed by atoms with E-state index in [1.165, 1.54) is 17.0 Å². The Morgan fingerprint density at radius 2 is 1.46 bits per heavy atom. The summed E-state index contributed by atoms with van der Waals surface area (Å²) in [6, 6.07) is 23.6. The summed E-state index contributed by atoms with van der Waals surface area (Å²) in [6.07, 6.45) is 1.64. The molecule has 0 saturated carbocycles. The number of hydrogen-bond donors (Lipinski definition) is 1. The highest BCUT2D eigenvalue weighted by molar-refractivity contribution is 7.92. The number of nitrogens with one attached hydrogen (secondary N) is 1. The Morgan fingerprint density at radius 3 is 2.07 bits per heavy atom. The standard InChI is InChI=1S/C32H41N3O5S/c1-5-25(4)33-32(37)28(6-2)34(23-22-26-16-10-8-11-17-26)31(36)24-35(29-20-14-15-21-30(29)40-7-3)41(38,39)27-18-12-9-13-19-27/h8-21,25,28H,5-7,22-24H2,1-4H3,(H,33,37)/t25-,28-/m1/s1. The fraction of sp³-hybridized carbons (Fsp3) is 0.375. The van der Waals surface area contributed by atoms with Crippen molar-refractivity contribution >= 4 is 27.5 Å². The first kappa shape index (κ1) is 31.7. The smallest absolute Gasteiger partial charge is 0.264 e. The van der Waals surface area contributed by atoms with Crippen LogP contribution in [0.2, 0.25) is 0 Å². The Labute approximate surface area is 244 Å². The van der Waals surface area contributed by atoms with E-state index < -0.39 is 28.5 Å². The second kappa shape index (κ2) is 15.2. The SMILES string of the molecule is CCOc1ccccc1N(CC(=O)N(CCc1ccccc1)[C@H](CC)C(=O)N[C@H](C)CC)S(=O)(=O)c1ccccc1. The predicted octanol–water partition coefficient (Wildman–Crippen LogP) is 5.05. The normalized spacial score (nSPS) is 12.7. The number of rotatable bonds is 15. The lowest BCUT2D eigenvalue weighted by atomic mass is 10.1. The molecule has 0 unspecified atom stereocenters. The summed E-state index contributed by atoms with van der Waals surface area (Å²) in [5, 5.41) is 3.00. The van der Waals surface area contributed by atoms with Gasteiger partial charge in [-0.1, -0.05) is 74.5 Å². The number of sulfonamides is 1. The van der Waals surface area contributed by atoms with Gasteiger partial charge in [0.05, 0.1) is 17.2 Å². The molecular formula is C32H41N3O5S. The van der Waals surface area contributed by atoms with Gasteiger partial charge in [0.2, 0.25) is 11.8 Å². The Morgan fingerprint density at radius 1 is 0.854 bits per heavy atom. The third-order valence-electron chi connectivity index (χ3n) is 6.92. The fourth-order valence-corrected chi connectivity index (χ4v) is 5.96. The van der Waals surface area contributed by atoms with Crippen LogP contribution in [0.15, 0.2) is 89.8 Å². The largest absolute Gasteiger partial charge is 0.492 e. The zero-order valence-electron chi connectivity index (χ0n) is 24.3. The van der Waals surface area contributed by atoms with Gasteiger partial charge in [-0.05, 0) is 62.9 Å².